The van der Waals surface area contributed by atoms with Gasteiger partial charge in [-0.3, -0.25) is 0 Å². The van der Waals surface area contributed by atoms with Crippen molar-refractivity contribution in [3.63, 3.8) is 0 Å². The fraction of sp³-hybridized carbons (Fsp3) is 0.300. The second kappa shape index (κ2) is 3.90. The Morgan fingerprint density at radius 3 is 2.67 bits per heavy atom. The third kappa shape index (κ3) is 2.09. The first-order valence-corrected chi connectivity index (χ1v) is 4.12. The van der Waals surface area contributed by atoms with E-state index in [4.69, 9.17) is 5.73 Å². The molecule has 0 spiro atoms. The lowest BCUT2D eigenvalue weighted by Gasteiger charge is -1.99. The highest BCUT2D eigenvalue weighted by Gasteiger charge is 1.93. The molecule has 64 valence electrons. The first-order chi connectivity index (χ1) is 5.74. The van der Waals surface area contributed by atoms with Gasteiger partial charge in [0, 0.05) is 6.42 Å². The monoisotopic (exact) mass is 162 g/mol. The Morgan fingerprint density at radius 2 is 2.08 bits per heavy atom. The molecule has 1 rings (SSSR count). The first-order valence-electron chi connectivity index (χ1n) is 4.12. The molecule has 1 aromatic rings. The van der Waals surface area contributed by atoms with Crippen molar-refractivity contribution in [2.45, 2.75) is 20.3 Å². The van der Waals surface area contributed by atoms with Gasteiger partial charge in [0.25, 0.3) is 0 Å². The van der Waals surface area contributed by atoms with Gasteiger partial charge in [-0.25, -0.2) is 4.99 Å². The molecule has 12 heavy (non-hydrogen) atoms. The zero-order chi connectivity index (χ0) is 8.97. The predicted octanol–water partition coefficient (Wildman–Crippen LogP) is 2.39. The maximum atomic E-state index is 5.62. The van der Waals surface area contributed by atoms with Crippen LogP contribution in [0.5, 0.6) is 0 Å². The maximum absolute atomic E-state index is 5.62. The van der Waals surface area contributed by atoms with Crippen molar-refractivity contribution in [1.82, 2.24) is 0 Å². The number of rotatable bonds is 2. The number of benzene rings is 1. The molecule has 0 aliphatic heterocycles. The lowest BCUT2D eigenvalue weighted by atomic mass is 10.2. The van der Waals surface area contributed by atoms with Crippen LogP contribution < -0.4 is 5.73 Å². The van der Waals surface area contributed by atoms with Gasteiger partial charge in [0.1, 0.15) is 0 Å². The zero-order valence-corrected chi connectivity index (χ0v) is 7.54. The highest BCUT2D eigenvalue weighted by atomic mass is 14.9. The molecule has 2 nitrogen and oxygen atoms in total. The summed E-state index contributed by atoms with van der Waals surface area (Å²) in [5, 5.41) is 0. The molecular formula is C10H14N2. The molecule has 2 N–H and O–H groups in total. The Hall–Kier alpha value is -1.31. The van der Waals surface area contributed by atoms with Crippen LogP contribution in [-0.2, 0) is 0 Å². The molecule has 2 heteroatoms. The van der Waals surface area contributed by atoms with Crippen LogP contribution in [0, 0.1) is 6.92 Å². The number of aryl methyl sites for hydroxylation is 1. The maximum Gasteiger partial charge on any atom is 0.0993 e. The SMILES string of the molecule is CCC(N)=Nc1ccccc1C. The summed E-state index contributed by atoms with van der Waals surface area (Å²) in [6, 6.07) is 7.96. The molecule has 0 saturated heterocycles. The highest BCUT2D eigenvalue weighted by molar-refractivity contribution is 5.83. The molecule has 0 saturated carbocycles. The van der Waals surface area contributed by atoms with Gasteiger partial charge in [0.05, 0.1) is 11.5 Å². The van der Waals surface area contributed by atoms with Crippen LogP contribution in [-0.4, -0.2) is 5.84 Å². The normalized spacial score (nSPS) is 11.7. The Bertz CT molecular complexity index is 290. The van der Waals surface area contributed by atoms with E-state index in [1.54, 1.807) is 0 Å². The van der Waals surface area contributed by atoms with E-state index in [1.807, 2.05) is 38.1 Å². The van der Waals surface area contributed by atoms with Gasteiger partial charge in [-0.1, -0.05) is 25.1 Å². The molecular weight excluding hydrogens is 148 g/mol. The topological polar surface area (TPSA) is 38.4 Å². The molecule has 0 aromatic heterocycles. The van der Waals surface area contributed by atoms with Crippen LogP contribution >= 0.6 is 0 Å². The minimum atomic E-state index is 0.685. The van der Waals surface area contributed by atoms with Crippen molar-refractivity contribution in [2.24, 2.45) is 10.7 Å². The van der Waals surface area contributed by atoms with Crippen molar-refractivity contribution >= 4 is 11.5 Å². The van der Waals surface area contributed by atoms with E-state index in [9.17, 15) is 0 Å². The number of amidine groups is 1. The average Bonchev–Trinajstić information content (AvgIpc) is 2.09. The summed E-state index contributed by atoms with van der Waals surface area (Å²) in [5.74, 6) is 0.685. The molecule has 0 aliphatic carbocycles. The van der Waals surface area contributed by atoms with Gasteiger partial charge in [0.2, 0.25) is 0 Å². The number of nitrogens with zero attached hydrogens (tertiary/aromatic N) is 1. The van der Waals surface area contributed by atoms with Crippen molar-refractivity contribution in [3.05, 3.63) is 29.8 Å². The Kier molecular flexibility index (Phi) is 2.86. The second-order valence-electron chi connectivity index (χ2n) is 2.74. The fourth-order valence-corrected chi connectivity index (χ4v) is 0.923. The summed E-state index contributed by atoms with van der Waals surface area (Å²) < 4.78 is 0. The lowest BCUT2D eigenvalue weighted by molar-refractivity contribution is 1.23. The standard InChI is InChI=1S/C10H14N2/c1-3-10(11)12-9-7-5-4-6-8(9)2/h4-7H,3H2,1-2H3,(H2,11,12). The molecule has 0 unspecified atom stereocenters. The molecule has 0 heterocycles. The zero-order valence-electron chi connectivity index (χ0n) is 7.54. The van der Waals surface area contributed by atoms with E-state index in [2.05, 4.69) is 4.99 Å². The first kappa shape index (κ1) is 8.78. The predicted molar refractivity (Wildman–Crippen MR) is 52.8 cm³/mol. The molecule has 0 amide bonds. The molecule has 1 aromatic carbocycles. The minimum absolute atomic E-state index is 0.685. The Labute approximate surface area is 73.1 Å². The van der Waals surface area contributed by atoms with Crippen LogP contribution in [0.1, 0.15) is 18.9 Å². The molecule has 0 radical (unpaired) electrons. The summed E-state index contributed by atoms with van der Waals surface area (Å²) >= 11 is 0. The van der Waals surface area contributed by atoms with Crippen molar-refractivity contribution < 1.29 is 0 Å². The smallest absolute Gasteiger partial charge is 0.0993 e. The van der Waals surface area contributed by atoms with Gasteiger partial charge in [-0.2, -0.15) is 0 Å². The van der Waals surface area contributed by atoms with Gasteiger partial charge >= 0.3 is 0 Å². The molecule has 0 bridgehead atoms. The van der Waals surface area contributed by atoms with Gasteiger partial charge in [-0.05, 0) is 18.6 Å². The third-order valence-electron chi connectivity index (χ3n) is 1.74. The Morgan fingerprint density at radius 1 is 1.42 bits per heavy atom. The van der Waals surface area contributed by atoms with Crippen molar-refractivity contribution in [1.29, 1.82) is 0 Å². The fourth-order valence-electron chi connectivity index (χ4n) is 0.923. The minimum Gasteiger partial charge on any atom is -0.387 e. The summed E-state index contributed by atoms with van der Waals surface area (Å²) in [4.78, 5) is 4.27. The van der Waals surface area contributed by atoms with Crippen LogP contribution in [0.4, 0.5) is 5.69 Å². The lowest BCUT2D eigenvalue weighted by Crippen LogP contribution is -2.08. The molecule has 0 aliphatic rings. The largest absolute Gasteiger partial charge is 0.387 e. The highest BCUT2D eigenvalue weighted by Crippen LogP contribution is 2.16. The van der Waals surface area contributed by atoms with Crippen LogP contribution in [0.25, 0.3) is 0 Å². The summed E-state index contributed by atoms with van der Waals surface area (Å²) in [6.45, 7) is 4.03. The van der Waals surface area contributed by atoms with Gasteiger partial charge in [0.15, 0.2) is 0 Å². The van der Waals surface area contributed by atoms with E-state index in [1.165, 1.54) is 0 Å². The Balaban J connectivity index is 2.96. The summed E-state index contributed by atoms with van der Waals surface area (Å²) in [7, 11) is 0. The number of hydrogen-bond acceptors (Lipinski definition) is 1. The van der Waals surface area contributed by atoms with Gasteiger partial charge < -0.3 is 5.73 Å². The van der Waals surface area contributed by atoms with E-state index in [-0.39, 0.29) is 0 Å². The quantitative estimate of drug-likeness (QED) is 0.526. The number of nitrogens with two attached hydrogens (primary N) is 1. The molecule has 0 fully saturated rings. The van der Waals surface area contributed by atoms with Crippen molar-refractivity contribution in [3.8, 4) is 0 Å². The molecule has 0 atom stereocenters. The summed E-state index contributed by atoms with van der Waals surface area (Å²) in [6.07, 6.45) is 0.800. The number of para-hydroxylation sites is 1. The van der Waals surface area contributed by atoms with Crippen molar-refractivity contribution in [2.75, 3.05) is 0 Å². The van der Waals surface area contributed by atoms with E-state index < -0.39 is 0 Å². The average molecular weight is 162 g/mol. The van der Waals surface area contributed by atoms with Crippen LogP contribution in [0.15, 0.2) is 29.3 Å². The number of hydrogen-bond donors (Lipinski definition) is 1. The van der Waals surface area contributed by atoms with E-state index in [0.29, 0.717) is 5.84 Å². The van der Waals surface area contributed by atoms with E-state index in [0.717, 1.165) is 17.7 Å². The second-order valence-corrected chi connectivity index (χ2v) is 2.74. The van der Waals surface area contributed by atoms with Crippen LogP contribution in [0.3, 0.4) is 0 Å². The number of aliphatic imine (C=N–C) groups is 1. The van der Waals surface area contributed by atoms with Crippen LogP contribution in [0.2, 0.25) is 0 Å². The van der Waals surface area contributed by atoms with Gasteiger partial charge in [-0.15, -0.1) is 0 Å². The third-order valence-corrected chi connectivity index (χ3v) is 1.74. The van der Waals surface area contributed by atoms with E-state index >= 15 is 0 Å². The summed E-state index contributed by atoms with van der Waals surface area (Å²) in [5.41, 5.74) is 7.75.